The van der Waals surface area contributed by atoms with E-state index in [1.165, 1.54) is 18.3 Å². The van der Waals surface area contributed by atoms with E-state index in [4.69, 9.17) is 5.73 Å². The number of rotatable bonds is 3. The van der Waals surface area contributed by atoms with E-state index in [0.717, 1.165) is 0 Å². The van der Waals surface area contributed by atoms with Gasteiger partial charge in [0.05, 0.1) is 6.10 Å². The zero-order valence-corrected chi connectivity index (χ0v) is 7.62. The Bertz CT molecular complexity index is 323. The molecule has 0 unspecified atom stereocenters. The van der Waals surface area contributed by atoms with Crippen LogP contribution in [0.4, 0.5) is 5.82 Å². The summed E-state index contributed by atoms with van der Waals surface area (Å²) < 4.78 is 0. The van der Waals surface area contributed by atoms with Gasteiger partial charge in [-0.3, -0.25) is 0 Å². The van der Waals surface area contributed by atoms with Gasteiger partial charge in [0.25, 0.3) is 0 Å². The largest absolute Gasteiger partial charge is 0.387 e. The summed E-state index contributed by atoms with van der Waals surface area (Å²) in [5.41, 5.74) is 5.93. The average Bonchev–Trinajstić information content (AvgIpc) is 2.16. The number of aliphatic hydroxyl groups excluding tert-OH is 1. The second-order valence-corrected chi connectivity index (χ2v) is 3.01. The molecule has 1 aromatic heterocycles. The van der Waals surface area contributed by atoms with Crippen LogP contribution in [-0.4, -0.2) is 21.1 Å². The molecule has 0 saturated carbocycles. The van der Waals surface area contributed by atoms with E-state index >= 15 is 0 Å². The molecule has 14 heavy (non-hydrogen) atoms. The molecule has 0 amide bonds. The molecule has 0 bridgehead atoms. The van der Waals surface area contributed by atoms with E-state index < -0.39 is 17.1 Å². The molecule has 1 rings (SSSR count). The van der Waals surface area contributed by atoms with Crippen molar-refractivity contribution in [2.45, 2.75) is 19.1 Å². The highest BCUT2D eigenvalue weighted by Gasteiger charge is 2.15. The maximum atomic E-state index is 10.3. The monoisotopic (exact) mass is 197 g/mol. The van der Waals surface area contributed by atoms with Gasteiger partial charge in [-0.2, -0.15) is 0 Å². The lowest BCUT2D eigenvalue weighted by Crippen LogP contribution is -2.24. The summed E-state index contributed by atoms with van der Waals surface area (Å²) >= 11 is 0. The number of hydrogen-bond acceptors (Lipinski definition) is 5. The first-order chi connectivity index (χ1) is 6.52. The minimum absolute atomic E-state index is 0.245. The lowest BCUT2D eigenvalue weighted by molar-refractivity contribution is -0.389. The van der Waals surface area contributed by atoms with Crippen LogP contribution < -0.4 is 5.73 Å². The van der Waals surface area contributed by atoms with Crippen LogP contribution in [0.1, 0.15) is 18.6 Å². The third kappa shape index (κ3) is 2.24. The van der Waals surface area contributed by atoms with E-state index in [-0.39, 0.29) is 5.82 Å². The summed E-state index contributed by atoms with van der Waals surface area (Å²) in [4.78, 5) is 13.2. The van der Waals surface area contributed by atoms with Crippen molar-refractivity contribution in [3.8, 4) is 0 Å². The molecule has 3 N–H and O–H groups in total. The molecule has 1 heterocycles. The second-order valence-electron chi connectivity index (χ2n) is 3.01. The predicted octanol–water partition coefficient (Wildman–Crippen LogP) is 0.370. The Morgan fingerprint density at radius 1 is 1.64 bits per heavy atom. The van der Waals surface area contributed by atoms with Crippen LogP contribution in [0.15, 0.2) is 18.3 Å². The van der Waals surface area contributed by atoms with E-state index in [0.29, 0.717) is 5.56 Å². The summed E-state index contributed by atoms with van der Waals surface area (Å²) in [7, 11) is 0. The Morgan fingerprint density at radius 2 is 2.29 bits per heavy atom. The molecule has 0 radical (unpaired) electrons. The van der Waals surface area contributed by atoms with E-state index in [1.807, 2.05) is 0 Å². The van der Waals surface area contributed by atoms with E-state index in [2.05, 4.69) is 4.98 Å². The number of nitrogens with zero attached hydrogens (tertiary/aromatic N) is 2. The molecule has 6 heteroatoms. The van der Waals surface area contributed by atoms with Gasteiger partial charge in [-0.05, 0) is 22.9 Å². The molecule has 0 aliphatic carbocycles. The highest BCUT2D eigenvalue weighted by molar-refractivity contribution is 5.24. The van der Waals surface area contributed by atoms with Crippen molar-refractivity contribution in [3.05, 3.63) is 34.0 Å². The normalized spacial score (nSPS) is 14.8. The quantitative estimate of drug-likeness (QED) is 0.538. The Kier molecular flexibility index (Phi) is 3.10. The molecule has 0 fully saturated rings. The van der Waals surface area contributed by atoms with Gasteiger partial charge in [0.1, 0.15) is 6.20 Å². The maximum absolute atomic E-state index is 10.3. The molecular weight excluding hydrogens is 186 g/mol. The van der Waals surface area contributed by atoms with Crippen LogP contribution in [0.25, 0.3) is 0 Å². The highest BCUT2D eigenvalue weighted by Crippen LogP contribution is 2.16. The summed E-state index contributed by atoms with van der Waals surface area (Å²) in [6, 6.07) is 2.25. The van der Waals surface area contributed by atoms with Crippen LogP contribution in [-0.2, 0) is 0 Å². The van der Waals surface area contributed by atoms with Gasteiger partial charge < -0.3 is 21.0 Å². The Balaban J connectivity index is 2.88. The Morgan fingerprint density at radius 3 is 2.64 bits per heavy atom. The zero-order valence-electron chi connectivity index (χ0n) is 7.62. The molecule has 2 atom stereocenters. The van der Waals surface area contributed by atoms with Crippen molar-refractivity contribution in [2.24, 2.45) is 5.73 Å². The lowest BCUT2D eigenvalue weighted by atomic mass is 10.1. The molecular formula is C8H11N3O3. The minimum Gasteiger partial charge on any atom is -0.387 e. The molecule has 0 saturated heterocycles. The van der Waals surface area contributed by atoms with Gasteiger partial charge in [0.15, 0.2) is 0 Å². The minimum atomic E-state index is -0.844. The summed E-state index contributed by atoms with van der Waals surface area (Å²) in [6.07, 6.45) is 0.412. The number of hydrogen-bond donors (Lipinski definition) is 2. The van der Waals surface area contributed by atoms with Crippen LogP contribution in [0.3, 0.4) is 0 Å². The van der Waals surface area contributed by atoms with Gasteiger partial charge in [0.2, 0.25) is 0 Å². The third-order valence-electron chi connectivity index (χ3n) is 1.80. The van der Waals surface area contributed by atoms with Crippen molar-refractivity contribution in [1.82, 2.24) is 4.98 Å². The molecule has 76 valence electrons. The van der Waals surface area contributed by atoms with Crippen LogP contribution >= 0.6 is 0 Å². The van der Waals surface area contributed by atoms with Crippen molar-refractivity contribution in [1.29, 1.82) is 0 Å². The molecule has 1 aromatic rings. The fraction of sp³-hybridized carbons (Fsp3) is 0.375. The fourth-order valence-electron chi connectivity index (χ4n) is 0.984. The fourth-order valence-corrected chi connectivity index (χ4v) is 0.984. The van der Waals surface area contributed by atoms with Gasteiger partial charge in [-0.1, -0.05) is 0 Å². The van der Waals surface area contributed by atoms with Crippen LogP contribution in [0.2, 0.25) is 0 Å². The topological polar surface area (TPSA) is 102 Å². The third-order valence-corrected chi connectivity index (χ3v) is 1.80. The van der Waals surface area contributed by atoms with E-state index in [9.17, 15) is 15.2 Å². The number of aliphatic hydroxyl groups is 1. The molecule has 0 aliphatic heterocycles. The predicted molar refractivity (Wildman–Crippen MR) is 49.5 cm³/mol. The van der Waals surface area contributed by atoms with Crippen molar-refractivity contribution in [3.63, 3.8) is 0 Å². The first-order valence-electron chi connectivity index (χ1n) is 4.06. The van der Waals surface area contributed by atoms with Crippen LogP contribution in [0, 0.1) is 10.1 Å². The van der Waals surface area contributed by atoms with Gasteiger partial charge in [-0.15, -0.1) is 0 Å². The lowest BCUT2D eigenvalue weighted by Gasteiger charge is -2.12. The first-order valence-corrected chi connectivity index (χ1v) is 4.06. The van der Waals surface area contributed by atoms with Crippen molar-refractivity contribution >= 4 is 5.82 Å². The molecule has 0 spiro atoms. The summed E-state index contributed by atoms with van der Waals surface area (Å²) in [5, 5.41) is 19.8. The second kappa shape index (κ2) is 4.12. The number of nitro groups is 1. The first kappa shape index (κ1) is 10.6. The van der Waals surface area contributed by atoms with Gasteiger partial charge in [-0.25, -0.2) is 0 Å². The summed E-state index contributed by atoms with van der Waals surface area (Å²) in [6.45, 7) is 1.64. The smallest absolute Gasteiger partial charge is 0.363 e. The highest BCUT2D eigenvalue weighted by atomic mass is 16.6. The zero-order chi connectivity index (χ0) is 10.7. The van der Waals surface area contributed by atoms with E-state index in [1.54, 1.807) is 6.92 Å². The number of nitrogens with two attached hydrogens (primary N) is 1. The molecule has 0 aromatic carbocycles. The Labute approximate surface area is 80.5 Å². The average molecular weight is 197 g/mol. The SMILES string of the molecule is C[C@H](N)[C@H](O)c1ccc([N+](=O)[O-])nc1. The van der Waals surface area contributed by atoms with Crippen LogP contribution in [0.5, 0.6) is 0 Å². The summed E-state index contributed by atoms with van der Waals surface area (Å²) in [5.74, 6) is -0.245. The molecule has 0 aliphatic rings. The number of pyridine rings is 1. The van der Waals surface area contributed by atoms with Gasteiger partial charge >= 0.3 is 5.82 Å². The standard InChI is InChI=1S/C8H11N3O3/c1-5(9)8(12)6-2-3-7(10-4-6)11(13)14/h2-5,8,12H,9H2,1H3/t5-,8-/m0/s1. The van der Waals surface area contributed by atoms with Crippen molar-refractivity contribution < 1.29 is 10.0 Å². The van der Waals surface area contributed by atoms with Gasteiger partial charge in [0, 0.05) is 17.7 Å². The maximum Gasteiger partial charge on any atom is 0.363 e. The Hall–Kier alpha value is -1.53. The molecule has 6 nitrogen and oxygen atoms in total. The van der Waals surface area contributed by atoms with Crippen molar-refractivity contribution in [2.75, 3.05) is 0 Å². The number of aromatic nitrogens is 1.